The first-order valence-corrected chi connectivity index (χ1v) is 7.69. The van der Waals surface area contributed by atoms with Gasteiger partial charge in [-0.05, 0) is 32.1 Å². The molecule has 1 aromatic rings. The Morgan fingerprint density at radius 3 is 2.55 bits per heavy atom. The van der Waals surface area contributed by atoms with Crippen LogP contribution in [0.1, 0.15) is 44.9 Å². The molecule has 0 atom stereocenters. The second-order valence-corrected chi connectivity index (χ2v) is 5.76. The van der Waals surface area contributed by atoms with Crippen LogP contribution in [-0.4, -0.2) is 45.3 Å². The van der Waals surface area contributed by atoms with Crippen LogP contribution in [0, 0.1) is 0 Å². The van der Waals surface area contributed by atoms with Gasteiger partial charge in [-0.15, -0.1) is 0 Å². The predicted molar refractivity (Wildman–Crippen MR) is 77.9 cm³/mol. The van der Waals surface area contributed by atoms with Crippen molar-refractivity contribution in [2.75, 3.05) is 23.3 Å². The molecule has 0 spiro atoms. The van der Waals surface area contributed by atoms with Gasteiger partial charge in [-0.25, -0.2) is 0 Å². The topological polar surface area (TPSA) is 74.2 Å². The van der Waals surface area contributed by atoms with Crippen molar-refractivity contribution in [1.82, 2.24) is 15.0 Å². The lowest BCUT2D eigenvalue weighted by molar-refractivity contribution is 0.145. The third-order valence-electron chi connectivity index (χ3n) is 3.80. The van der Waals surface area contributed by atoms with Gasteiger partial charge < -0.3 is 15.3 Å². The Balaban J connectivity index is 1.78. The van der Waals surface area contributed by atoms with E-state index in [1.807, 2.05) is 0 Å². The minimum Gasteiger partial charge on any atom is -0.393 e. The molecule has 6 heteroatoms. The molecule has 1 aliphatic heterocycles. The van der Waals surface area contributed by atoms with E-state index in [1.54, 1.807) is 0 Å². The molecule has 0 unspecified atom stereocenters. The van der Waals surface area contributed by atoms with Crippen molar-refractivity contribution in [3.8, 4) is 0 Å². The van der Waals surface area contributed by atoms with Crippen LogP contribution in [-0.2, 0) is 6.42 Å². The highest BCUT2D eigenvalue weighted by atomic mass is 16.3. The van der Waals surface area contributed by atoms with Gasteiger partial charge in [-0.2, -0.15) is 15.0 Å². The Hall–Kier alpha value is -1.43. The number of aromatic nitrogens is 3. The van der Waals surface area contributed by atoms with E-state index in [1.165, 1.54) is 12.8 Å². The summed E-state index contributed by atoms with van der Waals surface area (Å²) in [5.74, 6) is 2.34. The van der Waals surface area contributed by atoms with Gasteiger partial charge in [0.2, 0.25) is 11.9 Å². The van der Waals surface area contributed by atoms with Crippen molar-refractivity contribution in [3.63, 3.8) is 0 Å². The number of nitrogens with zero attached hydrogens (tertiary/aromatic N) is 4. The van der Waals surface area contributed by atoms with Crippen molar-refractivity contribution in [3.05, 3.63) is 5.82 Å². The molecule has 1 saturated carbocycles. The number of aliphatic hydroxyl groups is 1. The molecule has 20 heavy (non-hydrogen) atoms. The van der Waals surface area contributed by atoms with Crippen LogP contribution < -0.4 is 10.2 Å². The Morgan fingerprint density at radius 2 is 1.90 bits per heavy atom. The molecule has 0 amide bonds. The maximum absolute atomic E-state index is 9.60. The van der Waals surface area contributed by atoms with Crippen LogP contribution in [0.15, 0.2) is 0 Å². The number of aryl methyl sites for hydroxylation is 1. The summed E-state index contributed by atoms with van der Waals surface area (Å²) in [6.07, 6.45) is 5.74. The van der Waals surface area contributed by atoms with Crippen LogP contribution in [0.4, 0.5) is 11.9 Å². The lowest BCUT2D eigenvalue weighted by Gasteiger charge is -2.29. The Morgan fingerprint density at radius 1 is 1.15 bits per heavy atom. The second-order valence-electron chi connectivity index (χ2n) is 5.76. The second kappa shape index (κ2) is 5.91. The van der Waals surface area contributed by atoms with Crippen molar-refractivity contribution in [2.45, 2.75) is 57.6 Å². The van der Waals surface area contributed by atoms with Gasteiger partial charge in [-0.1, -0.05) is 6.92 Å². The smallest absolute Gasteiger partial charge is 0.230 e. The molecule has 1 saturated heterocycles. The number of piperidine rings is 1. The summed E-state index contributed by atoms with van der Waals surface area (Å²) in [5, 5.41) is 13.0. The zero-order valence-corrected chi connectivity index (χ0v) is 12.0. The Labute approximate surface area is 119 Å². The molecular weight excluding hydrogens is 254 g/mol. The molecule has 3 rings (SSSR count). The number of hydrogen-bond donors (Lipinski definition) is 2. The number of nitrogens with one attached hydrogen (secondary N) is 1. The molecule has 2 fully saturated rings. The molecule has 6 nitrogen and oxygen atoms in total. The third-order valence-corrected chi connectivity index (χ3v) is 3.80. The number of anilines is 2. The highest BCUT2D eigenvalue weighted by Crippen LogP contribution is 2.24. The van der Waals surface area contributed by atoms with Gasteiger partial charge in [0.25, 0.3) is 0 Å². The van der Waals surface area contributed by atoms with Crippen LogP contribution in [0.5, 0.6) is 0 Å². The zero-order valence-electron chi connectivity index (χ0n) is 12.0. The van der Waals surface area contributed by atoms with E-state index < -0.39 is 0 Å². The fourth-order valence-corrected chi connectivity index (χ4v) is 2.42. The minimum atomic E-state index is -0.174. The summed E-state index contributed by atoms with van der Waals surface area (Å²) in [5.41, 5.74) is 0. The van der Waals surface area contributed by atoms with E-state index in [2.05, 4.69) is 32.1 Å². The summed E-state index contributed by atoms with van der Waals surface area (Å²) in [6.45, 7) is 3.77. The van der Waals surface area contributed by atoms with E-state index in [4.69, 9.17) is 0 Å². The zero-order chi connectivity index (χ0) is 13.9. The van der Waals surface area contributed by atoms with Crippen molar-refractivity contribution < 1.29 is 5.11 Å². The summed E-state index contributed by atoms with van der Waals surface area (Å²) in [6, 6.07) is 0.544. The Kier molecular flexibility index (Phi) is 4.00. The average molecular weight is 277 g/mol. The van der Waals surface area contributed by atoms with Gasteiger partial charge in [0.1, 0.15) is 5.82 Å². The van der Waals surface area contributed by atoms with Gasteiger partial charge in [-0.3, -0.25) is 0 Å². The standard InChI is InChI=1S/C14H23N5O/c1-2-3-12-16-13(15-10-4-5-10)18-14(17-12)19-8-6-11(20)7-9-19/h10-11,20H,2-9H2,1H3,(H,15,16,17,18). The number of rotatable bonds is 5. The number of hydrogen-bond acceptors (Lipinski definition) is 6. The summed E-state index contributed by atoms with van der Waals surface area (Å²) in [4.78, 5) is 15.8. The van der Waals surface area contributed by atoms with Crippen LogP contribution in [0.25, 0.3) is 0 Å². The molecule has 2 heterocycles. The maximum atomic E-state index is 9.60. The predicted octanol–water partition coefficient (Wildman–Crippen LogP) is 1.36. The molecule has 0 aromatic carbocycles. The quantitative estimate of drug-likeness (QED) is 0.846. The van der Waals surface area contributed by atoms with Gasteiger partial charge in [0.15, 0.2) is 0 Å². The first kappa shape index (κ1) is 13.5. The van der Waals surface area contributed by atoms with Crippen LogP contribution in [0.2, 0.25) is 0 Å². The largest absolute Gasteiger partial charge is 0.393 e. The highest BCUT2D eigenvalue weighted by molar-refractivity contribution is 5.39. The first-order valence-electron chi connectivity index (χ1n) is 7.69. The molecule has 2 N–H and O–H groups in total. The first-order chi connectivity index (χ1) is 9.74. The van der Waals surface area contributed by atoms with Gasteiger partial charge in [0.05, 0.1) is 6.10 Å². The highest BCUT2D eigenvalue weighted by Gasteiger charge is 2.24. The van der Waals surface area contributed by atoms with Crippen molar-refractivity contribution >= 4 is 11.9 Å². The normalized spacial score (nSPS) is 20.2. The average Bonchev–Trinajstić information content (AvgIpc) is 3.23. The molecule has 110 valence electrons. The molecule has 0 radical (unpaired) electrons. The van der Waals surface area contributed by atoms with E-state index in [9.17, 15) is 5.11 Å². The van der Waals surface area contributed by atoms with Crippen LogP contribution in [0.3, 0.4) is 0 Å². The Bertz CT molecular complexity index is 455. The molecular formula is C14H23N5O. The molecule has 2 aliphatic rings. The van der Waals surface area contributed by atoms with Crippen LogP contribution >= 0.6 is 0 Å². The minimum absolute atomic E-state index is 0.174. The van der Waals surface area contributed by atoms with Gasteiger partial charge in [0, 0.05) is 25.6 Å². The summed E-state index contributed by atoms with van der Waals surface area (Å²) >= 11 is 0. The van der Waals surface area contributed by atoms with Crippen molar-refractivity contribution in [1.29, 1.82) is 0 Å². The number of aliphatic hydroxyl groups excluding tert-OH is 1. The molecule has 1 aliphatic carbocycles. The third kappa shape index (κ3) is 3.36. The van der Waals surface area contributed by atoms with E-state index in [-0.39, 0.29) is 6.10 Å². The maximum Gasteiger partial charge on any atom is 0.230 e. The lowest BCUT2D eigenvalue weighted by atomic mass is 10.1. The van der Waals surface area contributed by atoms with E-state index in [0.29, 0.717) is 12.0 Å². The van der Waals surface area contributed by atoms with Gasteiger partial charge >= 0.3 is 0 Å². The van der Waals surface area contributed by atoms with E-state index >= 15 is 0 Å². The SMILES string of the molecule is CCCc1nc(NC2CC2)nc(N2CCC(O)CC2)n1. The molecule has 1 aromatic heterocycles. The fraction of sp³-hybridized carbons (Fsp3) is 0.786. The molecule has 0 bridgehead atoms. The lowest BCUT2D eigenvalue weighted by Crippen LogP contribution is -2.37. The summed E-state index contributed by atoms with van der Waals surface area (Å²) < 4.78 is 0. The fourth-order valence-electron chi connectivity index (χ4n) is 2.42. The van der Waals surface area contributed by atoms with E-state index in [0.717, 1.165) is 50.5 Å². The van der Waals surface area contributed by atoms with Crippen molar-refractivity contribution in [2.24, 2.45) is 0 Å². The monoisotopic (exact) mass is 277 g/mol. The summed E-state index contributed by atoms with van der Waals surface area (Å²) in [7, 11) is 0.